The number of benzene rings is 2. The highest BCUT2D eigenvalue weighted by Crippen LogP contribution is 2.28. The Hall–Kier alpha value is -4.24. The number of cyclic esters (lactones) is 1. The molecule has 218 valence electrons. The average Bonchev–Trinajstić information content (AvgIpc) is 3.50. The zero-order valence-corrected chi connectivity index (χ0v) is 24.2. The number of amides is 4. The molecule has 0 saturated carbocycles. The van der Waals surface area contributed by atoms with E-state index in [0.717, 1.165) is 12.1 Å². The van der Waals surface area contributed by atoms with Gasteiger partial charge in [0.1, 0.15) is 12.7 Å². The van der Waals surface area contributed by atoms with E-state index in [1.165, 1.54) is 9.80 Å². The van der Waals surface area contributed by atoms with Crippen LogP contribution in [-0.4, -0.2) is 67.7 Å². The minimum atomic E-state index is -0.479. The largest absolute Gasteiger partial charge is 0.444 e. The Bertz CT molecular complexity index is 1240. The monoisotopic (exact) mass is 561 g/mol. The highest BCUT2D eigenvalue weighted by Gasteiger charge is 2.37. The van der Waals surface area contributed by atoms with Crippen LogP contribution in [0.25, 0.3) is 0 Å². The second-order valence-corrected chi connectivity index (χ2v) is 9.19. The summed E-state index contributed by atoms with van der Waals surface area (Å²) in [7, 11) is 0. The van der Waals surface area contributed by atoms with Gasteiger partial charge < -0.3 is 14.4 Å². The Morgan fingerprint density at radius 1 is 0.878 bits per heavy atom. The van der Waals surface area contributed by atoms with Crippen molar-refractivity contribution in [1.82, 2.24) is 4.90 Å². The lowest BCUT2D eigenvalue weighted by molar-refractivity contribution is -0.125. The lowest BCUT2D eigenvalue weighted by Crippen LogP contribution is -2.41. The SMILES string of the molecule is C/C=C\C=C/CC.CC.O=C1c2ccccc2C(=O)N1CC[C@H]1CN(c2ccc(N3CCOCC3=O)cc2)C(=O)O1. The maximum atomic E-state index is 12.5. The van der Waals surface area contributed by atoms with E-state index in [1.807, 2.05) is 32.9 Å². The van der Waals surface area contributed by atoms with Crippen LogP contribution < -0.4 is 9.80 Å². The molecule has 3 aliphatic rings. The van der Waals surface area contributed by atoms with Crippen molar-refractivity contribution in [3.8, 4) is 0 Å². The molecular weight excluding hydrogens is 522 g/mol. The quantitative estimate of drug-likeness (QED) is 0.322. The first kappa shape index (κ1) is 31.3. The molecule has 41 heavy (non-hydrogen) atoms. The van der Waals surface area contributed by atoms with Gasteiger partial charge >= 0.3 is 6.09 Å². The highest BCUT2D eigenvalue weighted by atomic mass is 16.6. The molecule has 2 aromatic carbocycles. The van der Waals surface area contributed by atoms with Gasteiger partial charge in [0.15, 0.2) is 0 Å². The summed E-state index contributed by atoms with van der Waals surface area (Å²) >= 11 is 0. The summed E-state index contributed by atoms with van der Waals surface area (Å²) < 4.78 is 10.6. The summed E-state index contributed by atoms with van der Waals surface area (Å²) in [5.41, 5.74) is 2.21. The fourth-order valence-electron chi connectivity index (χ4n) is 4.53. The van der Waals surface area contributed by atoms with Gasteiger partial charge in [-0.2, -0.15) is 0 Å². The van der Waals surface area contributed by atoms with E-state index < -0.39 is 12.2 Å². The molecule has 0 aliphatic carbocycles. The van der Waals surface area contributed by atoms with Crippen LogP contribution in [0, 0.1) is 0 Å². The van der Waals surface area contributed by atoms with Gasteiger partial charge in [0.2, 0.25) is 0 Å². The lowest BCUT2D eigenvalue weighted by Gasteiger charge is -2.27. The summed E-state index contributed by atoms with van der Waals surface area (Å²) in [4.78, 5) is 53.8. The molecule has 1 atom stereocenters. The van der Waals surface area contributed by atoms with Gasteiger partial charge in [-0.1, -0.05) is 57.2 Å². The Morgan fingerprint density at radius 2 is 1.49 bits per heavy atom. The van der Waals surface area contributed by atoms with Crippen molar-refractivity contribution in [2.24, 2.45) is 0 Å². The summed E-state index contributed by atoms with van der Waals surface area (Å²) in [5, 5.41) is 0. The first-order chi connectivity index (χ1) is 19.9. The fourth-order valence-corrected chi connectivity index (χ4v) is 4.53. The zero-order chi connectivity index (χ0) is 29.8. The van der Waals surface area contributed by atoms with Crippen molar-refractivity contribution < 1.29 is 28.7 Å². The van der Waals surface area contributed by atoms with E-state index in [1.54, 1.807) is 53.4 Å². The fraction of sp³-hybridized carbons (Fsp3) is 0.375. The molecule has 0 radical (unpaired) electrons. The molecular formula is C32H39N3O6. The van der Waals surface area contributed by atoms with E-state index >= 15 is 0 Å². The van der Waals surface area contributed by atoms with Crippen LogP contribution in [0.3, 0.4) is 0 Å². The van der Waals surface area contributed by atoms with Gasteiger partial charge in [0.05, 0.1) is 24.3 Å². The molecule has 2 fully saturated rings. The number of hydrogen-bond acceptors (Lipinski definition) is 6. The molecule has 2 aromatic rings. The number of fused-ring (bicyclic) bond motifs is 1. The molecule has 4 amide bonds. The topological polar surface area (TPSA) is 96.5 Å². The zero-order valence-electron chi connectivity index (χ0n) is 24.2. The van der Waals surface area contributed by atoms with Gasteiger partial charge in [-0.3, -0.25) is 24.2 Å². The van der Waals surface area contributed by atoms with Crippen molar-refractivity contribution in [1.29, 1.82) is 0 Å². The second-order valence-electron chi connectivity index (χ2n) is 9.19. The minimum absolute atomic E-state index is 0.0645. The molecule has 0 spiro atoms. The van der Waals surface area contributed by atoms with Gasteiger partial charge in [0.25, 0.3) is 17.7 Å². The predicted molar refractivity (Wildman–Crippen MR) is 159 cm³/mol. The van der Waals surface area contributed by atoms with Crippen LogP contribution in [-0.2, 0) is 14.3 Å². The van der Waals surface area contributed by atoms with Gasteiger partial charge in [-0.25, -0.2) is 4.79 Å². The molecule has 9 nitrogen and oxygen atoms in total. The van der Waals surface area contributed by atoms with E-state index in [-0.39, 0.29) is 30.9 Å². The molecule has 2 saturated heterocycles. The molecule has 3 heterocycles. The molecule has 9 heteroatoms. The van der Waals surface area contributed by atoms with Crippen LogP contribution >= 0.6 is 0 Å². The Balaban J connectivity index is 0.000000452. The highest BCUT2D eigenvalue weighted by molar-refractivity contribution is 6.21. The summed E-state index contributed by atoms with van der Waals surface area (Å²) in [6.45, 7) is 9.67. The lowest BCUT2D eigenvalue weighted by atomic mass is 10.1. The molecule has 0 N–H and O–H groups in total. The Morgan fingerprint density at radius 3 is 2.05 bits per heavy atom. The average molecular weight is 562 g/mol. The minimum Gasteiger partial charge on any atom is -0.444 e. The number of hydrogen-bond donors (Lipinski definition) is 0. The van der Waals surface area contributed by atoms with Crippen LogP contribution in [0.15, 0.2) is 72.8 Å². The molecule has 5 rings (SSSR count). The number of ether oxygens (including phenoxy) is 2. The van der Waals surface area contributed by atoms with Crippen LogP contribution in [0.2, 0.25) is 0 Å². The Kier molecular flexibility index (Phi) is 11.8. The smallest absolute Gasteiger partial charge is 0.414 e. The first-order valence-electron chi connectivity index (χ1n) is 14.1. The molecule has 0 bridgehead atoms. The number of anilines is 2. The summed E-state index contributed by atoms with van der Waals surface area (Å²) in [6.07, 6.45) is 8.80. The third-order valence-electron chi connectivity index (χ3n) is 6.56. The molecule has 3 aliphatic heterocycles. The standard InChI is InChI=1S/C23H21N3O6.C7H12.C2H6/c27-20-14-31-12-11-24(20)15-5-7-16(8-6-15)26-13-17(32-23(26)30)9-10-25-21(28)18-3-1-2-4-19(18)22(25)29;1-3-5-7-6-4-2;1-2/h1-8,17H,9-14H2;3,5-7H,4H2,1-2H3;1-2H3/b;5-3-,7-6-;/t17-;;/m0../s1. The van der Waals surface area contributed by atoms with Crippen molar-refractivity contribution in [3.63, 3.8) is 0 Å². The first-order valence-corrected chi connectivity index (χ1v) is 14.1. The number of imide groups is 1. The van der Waals surface area contributed by atoms with Crippen LogP contribution in [0.1, 0.15) is 61.3 Å². The van der Waals surface area contributed by atoms with E-state index in [0.29, 0.717) is 42.9 Å². The summed E-state index contributed by atoms with van der Waals surface area (Å²) in [5.74, 6) is -0.738. The third kappa shape index (κ3) is 7.70. The van der Waals surface area contributed by atoms with E-state index in [9.17, 15) is 19.2 Å². The van der Waals surface area contributed by atoms with Crippen LogP contribution in [0.5, 0.6) is 0 Å². The maximum absolute atomic E-state index is 12.5. The number of nitrogens with zero attached hydrogens (tertiary/aromatic N) is 3. The van der Waals surface area contributed by atoms with Crippen molar-refractivity contribution in [3.05, 3.63) is 84.0 Å². The number of carbonyl (C=O) groups is 4. The van der Waals surface area contributed by atoms with Gasteiger partial charge in [0, 0.05) is 30.9 Å². The maximum Gasteiger partial charge on any atom is 0.414 e. The molecule has 0 unspecified atom stereocenters. The van der Waals surface area contributed by atoms with Gasteiger partial charge in [-0.05, 0) is 49.7 Å². The van der Waals surface area contributed by atoms with Crippen molar-refractivity contribution in [2.45, 2.75) is 46.6 Å². The van der Waals surface area contributed by atoms with E-state index in [4.69, 9.17) is 9.47 Å². The van der Waals surface area contributed by atoms with Gasteiger partial charge in [-0.15, -0.1) is 0 Å². The number of morpholine rings is 1. The predicted octanol–water partition coefficient (Wildman–Crippen LogP) is 5.62. The number of carbonyl (C=O) groups excluding carboxylic acids is 4. The van der Waals surface area contributed by atoms with Crippen molar-refractivity contribution in [2.75, 3.05) is 42.6 Å². The second kappa shape index (κ2) is 15.5. The third-order valence-corrected chi connectivity index (χ3v) is 6.56. The number of rotatable bonds is 7. The number of allylic oxidation sites excluding steroid dienone is 4. The van der Waals surface area contributed by atoms with Crippen LogP contribution in [0.4, 0.5) is 16.2 Å². The normalized spacial score (nSPS) is 18.3. The summed E-state index contributed by atoms with van der Waals surface area (Å²) in [6, 6.07) is 13.9. The Labute approximate surface area is 242 Å². The molecule has 0 aromatic heterocycles. The van der Waals surface area contributed by atoms with E-state index in [2.05, 4.69) is 19.1 Å². The van der Waals surface area contributed by atoms with Crippen molar-refractivity contribution >= 4 is 35.2 Å².